The van der Waals surface area contributed by atoms with Crippen molar-refractivity contribution in [2.75, 3.05) is 0 Å². The molecule has 0 aliphatic heterocycles. The lowest BCUT2D eigenvalue weighted by atomic mass is 9.51. The van der Waals surface area contributed by atoms with E-state index in [1.54, 1.807) is 0 Å². The van der Waals surface area contributed by atoms with Crippen LogP contribution in [0.1, 0.15) is 56.6 Å². The maximum Gasteiger partial charge on any atom is 0.115 e. The number of benzene rings is 1. The molecule has 0 saturated heterocycles. The van der Waals surface area contributed by atoms with Gasteiger partial charge in [-0.3, -0.25) is 0 Å². The van der Waals surface area contributed by atoms with Gasteiger partial charge in [-0.2, -0.15) is 0 Å². The second kappa shape index (κ2) is 5.73. The lowest BCUT2D eigenvalue weighted by Crippen LogP contribution is -2.51. The highest BCUT2D eigenvalue weighted by atomic mass is 125. The maximum atomic E-state index is 11.3. The quantitative estimate of drug-likeness (QED) is 0.596. The number of halogens is 1. The molecule has 3 aliphatic rings. The summed E-state index contributed by atoms with van der Waals surface area (Å²) in [5.74, 6) is 2.83. The molecule has 4 rings (SSSR count). The molecule has 24 heavy (non-hydrogen) atoms. The summed E-state index contributed by atoms with van der Waals surface area (Å²) in [5, 5.41) is 21.2. The third kappa shape index (κ3) is 2.23. The van der Waals surface area contributed by atoms with E-state index in [0.717, 1.165) is 32.1 Å². The Labute approximate surface area is 158 Å². The Balaban J connectivity index is 1.75. The van der Waals surface area contributed by atoms with E-state index in [2.05, 4.69) is 42.5 Å². The number of aromatic hydroxyl groups is 1. The number of hydrogen-bond donors (Lipinski definition) is 2. The molecule has 0 radical (unpaired) electrons. The molecule has 3 heteroatoms. The van der Waals surface area contributed by atoms with E-state index in [1.165, 1.54) is 11.1 Å². The molecule has 2 nitrogen and oxygen atoms in total. The van der Waals surface area contributed by atoms with Gasteiger partial charge in [0.25, 0.3) is 0 Å². The van der Waals surface area contributed by atoms with Gasteiger partial charge in [0.05, 0.1) is 5.60 Å². The van der Waals surface area contributed by atoms with Gasteiger partial charge >= 0.3 is 0 Å². The van der Waals surface area contributed by atoms with Gasteiger partial charge in [0.2, 0.25) is 0 Å². The van der Waals surface area contributed by atoms with E-state index in [4.69, 9.17) is 0 Å². The van der Waals surface area contributed by atoms with Crippen LogP contribution in [-0.2, 0) is 6.42 Å². The van der Waals surface area contributed by atoms with Crippen LogP contribution < -0.4 is 0 Å². The smallest absolute Gasteiger partial charge is 0.115 e. The topological polar surface area (TPSA) is 40.5 Å². The molecule has 0 bridgehead atoms. The Morgan fingerprint density at radius 3 is 2.79 bits per heavy atom. The number of phenolic OH excluding ortho intramolecular Hbond substituents is 1. The molecule has 0 amide bonds. The predicted molar refractivity (Wildman–Crippen MR) is 105 cm³/mol. The monoisotopic (exact) mass is 436 g/mol. The summed E-state index contributed by atoms with van der Waals surface area (Å²) in [4.78, 5) is 0. The highest BCUT2D eigenvalue weighted by Crippen LogP contribution is 2.65. The number of aliphatic hydroxyl groups is 1. The van der Waals surface area contributed by atoms with Gasteiger partial charge in [-0.05, 0) is 89.2 Å². The van der Waals surface area contributed by atoms with E-state index >= 15 is 0 Å². The van der Waals surface area contributed by atoms with E-state index in [-0.39, 0.29) is 5.41 Å². The Morgan fingerprint density at radius 1 is 1.25 bits per heavy atom. The maximum absolute atomic E-state index is 11.3. The third-order valence-electron chi connectivity index (χ3n) is 7.61. The lowest BCUT2D eigenvalue weighted by molar-refractivity contribution is -0.0789. The minimum atomic E-state index is -0.640. The van der Waals surface area contributed by atoms with Gasteiger partial charge in [0, 0.05) is 5.41 Å². The average Bonchev–Trinajstić information content (AvgIpc) is 2.79. The molecule has 0 unspecified atom stereocenters. The first-order valence-corrected chi connectivity index (χ1v) is 10.5. The van der Waals surface area contributed by atoms with Gasteiger partial charge in [-0.1, -0.05) is 42.5 Å². The molecule has 2 N–H and O–H groups in total. The van der Waals surface area contributed by atoms with Gasteiger partial charge in [0.15, 0.2) is 0 Å². The molecule has 3 aliphatic carbocycles. The zero-order valence-electron chi connectivity index (χ0n) is 14.5. The molecule has 0 heterocycles. The van der Waals surface area contributed by atoms with Gasteiger partial charge < -0.3 is 10.2 Å². The van der Waals surface area contributed by atoms with E-state index in [0.29, 0.717) is 29.4 Å². The van der Waals surface area contributed by atoms with Crippen molar-refractivity contribution in [2.24, 2.45) is 23.2 Å². The molecule has 1 aromatic carbocycles. The molecule has 130 valence electrons. The number of hydrogen-bond acceptors (Lipinski definition) is 2. The van der Waals surface area contributed by atoms with Gasteiger partial charge in [-0.25, -0.2) is 0 Å². The largest absolute Gasteiger partial charge is 0.508 e. The van der Waals surface area contributed by atoms with E-state index in [9.17, 15) is 10.2 Å². The normalized spacial score (nSPS) is 44.2. The summed E-state index contributed by atoms with van der Waals surface area (Å²) >= 11 is 2.24. The zero-order chi connectivity index (χ0) is 17.1. The van der Waals surface area contributed by atoms with Crippen LogP contribution in [0.25, 0.3) is 0 Å². The van der Waals surface area contributed by atoms with Crippen molar-refractivity contribution < 1.29 is 10.2 Å². The third-order valence-corrected chi connectivity index (χ3v) is 7.97. The van der Waals surface area contributed by atoms with E-state index < -0.39 is 5.60 Å². The molecule has 2 saturated carbocycles. The van der Waals surface area contributed by atoms with Crippen molar-refractivity contribution in [3.63, 3.8) is 0 Å². The van der Waals surface area contributed by atoms with Crippen LogP contribution in [0.4, 0.5) is 0 Å². The first-order chi connectivity index (χ1) is 11.4. The Bertz CT molecular complexity index is 684. The van der Waals surface area contributed by atoms with Crippen molar-refractivity contribution in [1.29, 1.82) is 0 Å². The first kappa shape index (κ1) is 16.9. The zero-order valence-corrected chi connectivity index (χ0v) is 16.7. The van der Waals surface area contributed by atoms with Crippen LogP contribution in [0.2, 0.25) is 0 Å². The Kier molecular flexibility index (Phi) is 4.03. The lowest BCUT2D eigenvalue weighted by Gasteiger charge is -2.54. The Hall–Kier alpha value is -0.550. The number of fused-ring (bicyclic) bond motifs is 5. The standard InChI is InChI=1S/C21H27IO2/c1-13-11-14-12-15(23)3-4-16(14)17-5-7-20(2)18(19(13)17)6-8-21(20,24)9-10-22/h3-4,9-10,12-13,17-19,23-24H,5-8,11H2,1-2H3/b10-9-/t13-,17-,18+,19-,20+,21-/m1/s1/i22-2. The number of rotatable bonds is 1. The fourth-order valence-electron chi connectivity index (χ4n) is 6.40. The summed E-state index contributed by atoms with van der Waals surface area (Å²) in [7, 11) is 0. The molecule has 0 aromatic heterocycles. The molecular formula is C21H27IO2. The first-order valence-electron chi connectivity index (χ1n) is 9.22. The summed E-state index contributed by atoms with van der Waals surface area (Å²) in [6.07, 6.45) is 7.37. The summed E-state index contributed by atoms with van der Waals surface area (Å²) in [5.41, 5.74) is 2.16. The number of phenols is 1. The minimum absolute atomic E-state index is 0.00147. The fraction of sp³-hybridized carbons (Fsp3) is 0.619. The predicted octanol–water partition coefficient (Wildman–Crippen LogP) is 5.17. The Morgan fingerprint density at radius 2 is 2.04 bits per heavy atom. The van der Waals surface area contributed by atoms with Crippen molar-refractivity contribution in [2.45, 2.75) is 57.5 Å². The molecule has 0 spiro atoms. The van der Waals surface area contributed by atoms with Crippen LogP contribution in [0.5, 0.6) is 5.75 Å². The second-order valence-corrected chi connectivity index (χ2v) is 9.29. The van der Waals surface area contributed by atoms with Crippen LogP contribution in [0, 0.1) is 23.2 Å². The van der Waals surface area contributed by atoms with Crippen LogP contribution in [-0.4, -0.2) is 15.8 Å². The molecule has 1 aromatic rings. The SMILES string of the molecule is C[C@@H]1Cc2cc(O)ccc2[C@H]2CC[C@@]3(C)[C@@H](CC[C@@]3(O)/C=C\[125I])[C@H]12. The second-order valence-electron chi connectivity index (χ2n) is 8.57. The van der Waals surface area contributed by atoms with Crippen molar-refractivity contribution >= 4 is 22.6 Å². The van der Waals surface area contributed by atoms with Gasteiger partial charge in [0.1, 0.15) is 5.75 Å². The molecular weight excluding hydrogens is 409 g/mol. The van der Waals surface area contributed by atoms with Crippen LogP contribution in [0.3, 0.4) is 0 Å². The molecule has 2 fully saturated rings. The summed E-state index contributed by atoms with van der Waals surface area (Å²) in [6.45, 7) is 4.71. The summed E-state index contributed by atoms with van der Waals surface area (Å²) < 4.78 is 2.00. The minimum Gasteiger partial charge on any atom is -0.508 e. The summed E-state index contributed by atoms with van der Waals surface area (Å²) in [6, 6.07) is 5.98. The van der Waals surface area contributed by atoms with E-state index in [1.807, 2.05) is 22.3 Å². The average molecular weight is 436 g/mol. The van der Waals surface area contributed by atoms with Crippen LogP contribution in [0.15, 0.2) is 28.4 Å². The van der Waals surface area contributed by atoms with Gasteiger partial charge in [-0.15, -0.1) is 0 Å². The van der Waals surface area contributed by atoms with Crippen molar-refractivity contribution in [3.05, 3.63) is 39.5 Å². The highest BCUT2D eigenvalue weighted by Gasteiger charge is 2.61. The van der Waals surface area contributed by atoms with Crippen molar-refractivity contribution in [3.8, 4) is 5.75 Å². The molecule has 6 atom stereocenters. The van der Waals surface area contributed by atoms with Crippen LogP contribution >= 0.6 is 22.6 Å². The highest BCUT2D eigenvalue weighted by molar-refractivity contribution is 14.1. The fourth-order valence-corrected chi connectivity index (χ4v) is 6.99. The van der Waals surface area contributed by atoms with Crippen molar-refractivity contribution in [1.82, 2.24) is 0 Å².